The van der Waals surface area contributed by atoms with Crippen molar-refractivity contribution in [2.24, 2.45) is 5.92 Å². The van der Waals surface area contributed by atoms with Crippen LogP contribution >= 0.6 is 11.8 Å². The number of benzene rings is 2. The molecule has 9 heteroatoms. The van der Waals surface area contributed by atoms with Crippen molar-refractivity contribution in [2.45, 2.75) is 31.0 Å². The number of para-hydroxylation sites is 2. The standard InChI is InChI=1S/C23H24N6O2S/c1-16(2)13-28-15-24-22-25-18(12-21(30)29(22)28)14-32-20-11-7-6-10-19(20)27-23(31)26-17-8-4-3-5-9-17/h3-12,15-16H,13-14H2,1-2H3,(H2,26,27,31). The summed E-state index contributed by atoms with van der Waals surface area (Å²) in [5.41, 5.74) is 1.88. The van der Waals surface area contributed by atoms with Crippen molar-refractivity contribution in [1.82, 2.24) is 19.2 Å². The molecule has 0 fully saturated rings. The quantitative estimate of drug-likeness (QED) is 0.407. The maximum Gasteiger partial charge on any atom is 0.323 e. The van der Waals surface area contributed by atoms with Gasteiger partial charge in [-0.05, 0) is 30.2 Å². The number of aromatic nitrogens is 4. The predicted octanol–water partition coefficient (Wildman–Crippen LogP) is 4.48. The van der Waals surface area contributed by atoms with E-state index < -0.39 is 0 Å². The number of hydrogen-bond donors (Lipinski definition) is 2. The lowest BCUT2D eigenvalue weighted by Crippen LogP contribution is -2.22. The second-order valence-corrected chi connectivity index (χ2v) is 8.71. The molecule has 0 atom stereocenters. The first-order chi connectivity index (χ1) is 15.5. The molecule has 164 valence electrons. The van der Waals surface area contributed by atoms with Crippen molar-refractivity contribution < 1.29 is 4.79 Å². The van der Waals surface area contributed by atoms with Gasteiger partial charge in [0.1, 0.15) is 6.33 Å². The molecular weight excluding hydrogens is 424 g/mol. The van der Waals surface area contributed by atoms with Crippen molar-refractivity contribution >= 4 is 34.9 Å². The zero-order chi connectivity index (χ0) is 22.5. The number of nitrogens with one attached hydrogen (secondary N) is 2. The molecule has 0 spiro atoms. The molecule has 2 N–H and O–H groups in total. The highest BCUT2D eigenvalue weighted by molar-refractivity contribution is 7.98. The minimum Gasteiger partial charge on any atom is -0.308 e. The molecule has 2 amide bonds. The Labute approximate surface area is 189 Å². The number of carbonyl (C=O) groups excluding carboxylic acids is 1. The lowest BCUT2D eigenvalue weighted by Gasteiger charge is -2.12. The Hall–Kier alpha value is -3.59. The molecule has 2 aromatic carbocycles. The Morgan fingerprint density at radius 1 is 1.06 bits per heavy atom. The minimum atomic E-state index is -0.322. The number of anilines is 2. The van der Waals surface area contributed by atoms with E-state index in [0.29, 0.717) is 41.1 Å². The maximum absolute atomic E-state index is 12.6. The van der Waals surface area contributed by atoms with Crippen LogP contribution in [0, 0.1) is 5.92 Å². The van der Waals surface area contributed by atoms with Gasteiger partial charge >= 0.3 is 6.03 Å². The van der Waals surface area contributed by atoms with Crippen LogP contribution in [0.2, 0.25) is 0 Å². The van der Waals surface area contributed by atoms with Gasteiger partial charge in [-0.25, -0.2) is 9.78 Å². The monoisotopic (exact) mass is 448 g/mol. The third kappa shape index (κ3) is 5.17. The Bertz CT molecular complexity index is 1280. The molecule has 0 saturated heterocycles. The van der Waals surface area contributed by atoms with Crippen LogP contribution in [0.4, 0.5) is 16.2 Å². The summed E-state index contributed by atoms with van der Waals surface area (Å²) in [6.07, 6.45) is 1.64. The largest absolute Gasteiger partial charge is 0.323 e. The van der Waals surface area contributed by atoms with Crippen molar-refractivity contribution in [3.8, 4) is 0 Å². The molecule has 0 unspecified atom stereocenters. The van der Waals surface area contributed by atoms with E-state index in [1.54, 1.807) is 11.0 Å². The van der Waals surface area contributed by atoms with Gasteiger partial charge in [-0.3, -0.25) is 9.48 Å². The fourth-order valence-electron chi connectivity index (χ4n) is 3.24. The summed E-state index contributed by atoms with van der Waals surface area (Å²) in [5.74, 6) is 1.25. The predicted molar refractivity (Wildman–Crippen MR) is 127 cm³/mol. The fraction of sp³-hybridized carbons (Fsp3) is 0.217. The Morgan fingerprint density at radius 3 is 2.59 bits per heavy atom. The van der Waals surface area contributed by atoms with E-state index in [1.165, 1.54) is 22.3 Å². The summed E-state index contributed by atoms with van der Waals surface area (Å²) in [6.45, 7) is 4.86. The highest BCUT2D eigenvalue weighted by Gasteiger charge is 2.11. The zero-order valence-corrected chi connectivity index (χ0v) is 18.7. The highest BCUT2D eigenvalue weighted by Crippen LogP contribution is 2.29. The number of urea groups is 1. The van der Waals surface area contributed by atoms with Crippen molar-refractivity contribution in [3.63, 3.8) is 0 Å². The molecule has 2 aromatic heterocycles. The maximum atomic E-state index is 12.6. The molecular formula is C23H24N6O2S. The first-order valence-electron chi connectivity index (χ1n) is 10.3. The smallest absolute Gasteiger partial charge is 0.308 e. The van der Waals surface area contributed by atoms with Crippen molar-refractivity contribution in [3.05, 3.63) is 83.0 Å². The average Bonchev–Trinajstić information content (AvgIpc) is 3.16. The molecule has 32 heavy (non-hydrogen) atoms. The first kappa shape index (κ1) is 21.6. The molecule has 0 radical (unpaired) electrons. The van der Waals surface area contributed by atoms with E-state index in [1.807, 2.05) is 54.6 Å². The van der Waals surface area contributed by atoms with Crippen LogP contribution in [0.5, 0.6) is 0 Å². The van der Waals surface area contributed by atoms with Gasteiger partial charge in [0.25, 0.3) is 11.3 Å². The van der Waals surface area contributed by atoms with Gasteiger partial charge in [0.15, 0.2) is 0 Å². The molecule has 0 aliphatic rings. The Balaban J connectivity index is 1.47. The van der Waals surface area contributed by atoms with Crippen LogP contribution in [0.1, 0.15) is 19.5 Å². The fourth-order valence-corrected chi connectivity index (χ4v) is 4.14. The van der Waals surface area contributed by atoms with E-state index >= 15 is 0 Å². The van der Waals surface area contributed by atoms with Gasteiger partial charge in [-0.15, -0.1) is 11.8 Å². The second kappa shape index (κ2) is 9.69. The van der Waals surface area contributed by atoms with E-state index in [0.717, 1.165) is 4.90 Å². The minimum absolute atomic E-state index is 0.155. The summed E-state index contributed by atoms with van der Waals surface area (Å²) in [6, 6.07) is 18.0. The van der Waals surface area contributed by atoms with E-state index in [4.69, 9.17) is 0 Å². The number of amides is 2. The highest BCUT2D eigenvalue weighted by atomic mass is 32.2. The van der Waals surface area contributed by atoms with Crippen molar-refractivity contribution in [2.75, 3.05) is 10.6 Å². The Kier molecular flexibility index (Phi) is 6.55. The normalized spacial score (nSPS) is 11.1. The summed E-state index contributed by atoms with van der Waals surface area (Å²) in [4.78, 5) is 34.7. The van der Waals surface area contributed by atoms with Crippen LogP contribution in [0.15, 0.2) is 76.7 Å². The summed E-state index contributed by atoms with van der Waals surface area (Å²) >= 11 is 1.50. The molecule has 8 nitrogen and oxygen atoms in total. The van der Waals surface area contributed by atoms with Crippen LogP contribution in [0.25, 0.3) is 5.78 Å². The van der Waals surface area contributed by atoms with Gasteiger partial charge in [-0.1, -0.05) is 44.2 Å². The molecule has 0 aliphatic heterocycles. The van der Waals surface area contributed by atoms with Gasteiger partial charge in [0.05, 0.1) is 11.4 Å². The molecule has 0 saturated carbocycles. The molecule has 4 aromatic rings. The van der Waals surface area contributed by atoms with E-state index in [-0.39, 0.29) is 11.6 Å². The van der Waals surface area contributed by atoms with Gasteiger partial charge < -0.3 is 10.6 Å². The van der Waals surface area contributed by atoms with Crippen LogP contribution in [-0.4, -0.2) is 25.2 Å². The van der Waals surface area contributed by atoms with Crippen LogP contribution in [0.3, 0.4) is 0 Å². The summed E-state index contributed by atoms with van der Waals surface area (Å²) in [7, 11) is 0. The number of rotatable bonds is 7. The zero-order valence-electron chi connectivity index (χ0n) is 17.9. The topological polar surface area (TPSA) is 93.3 Å². The lowest BCUT2D eigenvalue weighted by atomic mass is 10.2. The van der Waals surface area contributed by atoms with Gasteiger partial charge in [0, 0.05) is 28.9 Å². The number of fused-ring (bicyclic) bond motifs is 1. The van der Waals surface area contributed by atoms with E-state index in [2.05, 4.69) is 34.4 Å². The lowest BCUT2D eigenvalue weighted by molar-refractivity contribution is 0.262. The number of hydrogen-bond acceptors (Lipinski definition) is 5. The first-order valence-corrected chi connectivity index (χ1v) is 11.3. The number of thioether (sulfide) groups is 1. The molecule has 0 bridgehead atoms. The molecule has 2 heterocycles. The second-order valence-electron chi connectivity index (χ2n) is 7.69. The van der Waals surface area contributed by atoms with E-state index in [9.17, 15) is 9.59 Å². The van der Waals surface area contributed by atoms with Gasteiger partial charge in [-0.2, -0.15) is 9.50 Å². The molecule has 4 rings (SSSR count). The number of carbonyl (C=O) groups is 1. The SMILES string of the molecule is CC(C)Cn1cnc2nc(CSc3ccccc3NC(=O)Nc3ccccc3)cc(=O)n21. The number of nitrogens with zero attached hydrogens (tertiary/aromatic N) is 4. The Morgan fingerprint density at radius 2 is 1.81 bits per heavy atom. The average molecular weight is 449 g/mol. The van der Waals surface area contributed by atoms with Crippen LogP contribution in [-0.2, 0) is 12.3 Å². The summed E-state index contributed by atoms with van der Waals surface area (Å²) in [5, 5.41) is 5.69. The summed E-state index contributed by atoms with van der Waals surface area (Å²) < 4.78 is 3.29. The third-order valence-corrected chi connectivity index (χ3v) is 5.70. The van der Waals surface area contributed by atoms with Gasteiger partial charge in [0.2, 0.25) is 0 Å². The molecule has 0 aliphatic carbocycles. The van der Waals surface area contributed by atoms with Crippen molar-refractivity contribution in [1.29, 1.82) is 0 Å². The van der Waals surface area contributed by atoms with Crippen LogP contribution < -0.4 is 16.2 Å². The third-order valence-electron chi connectivity index (χ3n) is 4.59.